The molecule has 7 heteroatoms. The molecule has 0 bridgehead atoms. The highest BCUT2D eigenvalue weighted by atomic mass is 32.1. The van der Waals surface area contributed by atoms with Gasteiger partial charge in [-0.1, -0.05) is 12.1 Å². The molecule has 2 heterocycles. The van der Waals surface area contributed by atoms with E-state index in [0.29, 0.717) is 22.6 Å². The van der Waals surface area contributed by atoms with Gasteiger partial charge < -0.3 is 16.4 Å². The summed E-state index contributed by atoms with van der Waals surface area (Å²) in [7, 11) is 0. The van der Waals surface area contributed by atoms with Crippen molar-refractivity contribution in [3.63, 3.8) is 0 Å². The predicted octanol–water partition coefficient (Wildman–Crippen LogP) is 4.67. The number of rotatable bonds is 6. The first kappa shape index (κ1) is 21.1. The molecule has 1 aromatic heterocycles. The van der Waals surface area contributed by atoms with Gasteiger partial charge >= 0.3 is 0 Å². The number of nitrogens with two attached hydrogens (primary N) is 1. The highest BCUT2D eigenvalue weighted by Crippen LogP contribution is 2.30. The van der Waals surface area contributed by atoms with Gasteiger partial charge in [-0.25, -0.2) is 0 Å². The summed E-state index contributed by atoms with van der Waals surface area (Å²) in [6.45, 7) is 3.85. The Labute approximate surface area is 186 Å². The zero-order valence-corrected chi connectivity index (χ0v) is 18.2. The molecular formula is C24H26N4O2S. The Morgan fingerprint density at radius 2 is 1.77 bits per heavy atom. The fraction of sp³-hybridized carbons (Fsp3) is 0.250. The maximum absolute atomic E-state index is 12.7. The number of benzene rings is 2. The molecule has 1 atom stereocenters. The zero-order valence-electron chi connectivity index (χ0n) is 17.4. The van der Waals surface area contributed by atoms with E-state index >= 15 is 0 Å². The van der Waals surface area contributed by atoms with Crippen molar-refractivity contribution < 1.29 is 9.59 Å². The van der Waals surface area contributed by atoms with Crippen LogP contribution in [0.25, 0.3) is 10.4 Å². The molecule has 2 amide bonds. The summed E-state index contributed by atoms with van der Waals surface area (Å²) in [6.07, 6.45) is 2.28. The van der Waals surface area contributed by atoms with Crippen LogP contribution in [-0.2, 0) is 4.79 Å². The van der Waals surface area contributed by atoms with Gasteiger partial charge in [0.05, 0.1) is 17.4 Å². The maximum Gasteiger partial charge on any atom is 0.255 e. The fourth-order valence-electron chi connectivity index (χ4n) is 3.70. The highest BCUT2D eigenvalue weighted by molar-refractivity contribution is 7.13. The second-order valence-electron chi connectivity index (χ2n) is 7.72. The third-order valence-corrected chi connectivity index (χ3v) is 6.51. The molecule has 4 rings (SSSR count). The molecule has 1 aliphatic heterocycles. The number of carbonyl (C=O) groups is 2. The predicted molar refractivity (Wildman–Crippen MR) is 127 cm³/mol. The van der Waals surface area contributed by atoms with Gasteiger partial charge in [-0.15, -0.1) is 11.3 Å². The van der Waals surface area contributed by atoms with E-state index in [2.05, 4.69) is 15.5 Å². The van der Waals surface area contributed by atoms with Crippen molar-refractivity contribution in [1.82, 2.24) is 4.90 Å². The second kappa shape index (κ2) is 9.32. The number of anilines is 3. The van der Waals surface area contributed by atoms with Gasteiger partial charge in [0.25, 0.3) is 5.91 Å². The first-order valence-corrected chi connectivity index (χ1v) is 11.3. The average Bonchev–Trinajstić information content (AvgIpc) is 3.49. The summed E-state index contributed by atoms with van der Waals surface area (Å²) in [5.74, 6) is -0.282. The average molecular weight is 435 g/mol. The fourth-order valence-corrected chi connectivity index (χ4v) is 4.43. The van der Waals surface area contributed by atoms with Crippen LogP contribution in [0, 0.1) is 0 Å². The SMILES string of the molecule is CC(C(=O)Nc1ccc(C(=O)Nc2cc(-c3cccs3)ccc2N)cc1)N1CCCC1. The lowest BCUT2D eigenvalue weighted by molar-refractivity contribution is -0.120. The highest BCUT2D eigenvalue weighted by Gasteiger charge is 2.23. The lowest BCUT2D eigenvalue weighted by Gasteiger charge is -2.22. The number of likely N-dealkylation sites (tertiary alicyclic amines) is 1. The molecule has 1 aliphatic rings. The molecule has 1 unspecified atom stereocenters. The molecule has 0 spiro atoms. The summed E-state index contributed by atoms with van der Waals surface area (Å²) in [5, 5.41) is 7.84. The van der Waals surface area contributed by atoms with Crippen LogP contribution in [-0.4, -0.2) is 35.8 Å². The van der Waals surface area contributed by atoms with Crippen LogP contribution in [0.5, 0.6) is 0 Å². The van der Waals surface area contributed by atoms with E-state index in [9.17, 15) is 9.59 Å². The Morgan fingerprint density at radius 1 is 1.03 bits per heavy atom. The Balaban J connectivity index is 1.40. The number of hydrogen-bond donors (Lipinski definition) is 3. The van der Waals surface area contributed by atoms with Crippen LogP contribution >= 0.6 is 11.3 Å². The minimum absolute atomic E-state index is 0.0303. The molecule has 6 nitrogen and oxygen atoms in total. The van der Waals surface area contributed by atoms with Crippen molar-refractivity contribution in [2.45, 2.75) is 25.8 Å². The number of hydrogen-bond acceptors (Lipinski definition) is 5. The van der Waals surface area contributed by atoms with Gasteiger partial charge in [-0.2, -0.15) is 0 Å². The number of nitrogen functional groups attached to an aromatic ring is 1. The van der Waals surface area contributed by atoms with Gasteiger partial charge in [-0.05, 0) is 86.3 Å². The first-order valence-electron chi connectivity index (χ1n) is 10.4. The van der Waals surface area contributed by atoms with Crippen molar-refractivity contribution in [2.24, 2.45) is 0 Å². The topological polar surface area (TPSA) is 87.5 Å². The van der Waals surface area contributed by atoms with E-state index in [4.69, 9.17) is 5.73 Å². The van der Waals surface area contributed by atoms with Crippen molar-refractivity contribution in [3.05, 3.63) is 65.5 Å². The van der Waals surface area contributed by atoms with E-state index in [1.165, 1.54) is 0 Å². The van der Waals surface area contributed by atoms with Gasteiger partial charge in [0, 0.05) is 16.1 Å². The molecule has 0 radical (unpaired) electrons. The number of amides is 2. The summed E-state index contributed by atoms with van der Waals surface area (Å²) >= 11 is 1.63. The maximum atomic E-state index is 12.7. The summed E-state index contributed by atoms with van der Waals surface area (Å²) < 4.78 is 0. The minimum Gasteiger partial charge on any atom is -0.397 e. The van der Waals surface area contributed by atoms with Gasteiger partial charge in [0.2, 0.25) is 5.91 Å². The van der Waals surface area contributed by atoms with E-state index < -0.39 is 0 Å². The van der Waals surface area contributed by atoms with Gasteiger partial charge in [0.15, 0.2) is 0 Å². The molecule has 0 saturated carbocycles. The quantitative estimate of drug-likeness (QED) is 0.492. The van der Waals surface area contributed by atoms with Crippen LogP contribution in [0.4, 0.5) is 17.1 Å². The normalized spacial score (nSPS) is 14.9. The molecule has 1 saturated heterocycles. The third-order valence-electron chi connectivity index (χ3n) is 5.59. The Kier molecular flexibility index (Phi) is 6.34. The monoisotopic (exact) mass is 434 g/mol. The molecular weight excluding hydrogens is 408 g/mol. The third kappa shape index (κ3) is 4.95. The largest absolute Gasteiger partial charge is 0.397 e. The lowest BCUT2D eigenvalue weighted by Crippen LogP contribution is -2.40. The molecule has 160 valence electrons. The van der Waals surface area contributed by atoms with Crippen molar-refractivity contribution >= 4 is 40.2 Å². The zero-order chi connectivity index (χ0) is 21.8. The summed E-state index contributed by atoms with van der Waals surface area (Å²) in [5.41, 5.74) is 9.32. The van der Waals surface area contributed by atoms with Crippen LogP contribution < -0.4 is 16.4 Å². The number of nitrogens with one attached hydrogen (secondary N) is 2. The number of carbonyl (C=O) groups excluding carboxylic acids is 2. The van der Waals surface area contributed by atoms with E-state index in [1.807, 2.05) is 36.6 Å². The van der Waals surface area contributed by atoms with Crippen LogP contribution in [0.15, 0.2) is 60.0 Å². The number of nitrogens with zero attached hydrogens (tertiary/aromatic N) is 1. The van der Waals surface area contributed by atoms with Crippen molar-refractivity contribution in [2.75, 3.05) is 29.5 Å². The van der Waals surface area contributed by atoms with Crippen LogP contribution in [0.3, 0.4) is 0 Å². The van der Waals surface area contributed by atoms with Crippen molar-refractivity contribution in [1.29, 1.82) is 0 Å². The molecule has 1 fully saturated rings. The lowest BCUT2D eigenvalue weighted by atomic mass is 10.1. The first-order chi connectivity index (χ1) is 15.0. The molecule has 2 aromatic carbocycles. The summed E-state index contributed by atoms with van der Waals surface area (Å²) in [4.78, 5) is 28.5. The molecule has 0 aliphatic carbocycles. The minimum atomic E-state index is -0.252. The molecule has 31 heavy (non-hydrogen) atoms. The van der Waals surface area contributed by atoms with E-state index in [0.717, 1.165) is 36.4 Å². The van der Waals surface area contributed by atoms with Crippen LogP contribution in [0.2, 0.25) is 0 Å². The van der Waals surface area contributed by atoms with Gasteiger partial charge in [0.1, 0.15) is 0 Å². The van der Waals surface area contributed by atoms with Crippen LogP contribution in [0.1, 0.15) is 30.1 Å². The Hall–Kier alpha value is -3.16. The number of thiophene rings is 1. The van der Waals surface area contributed by atoms with E-state index in [1.54, 1.807) is 41.7 Å². The Bertz CT molecular complexity index is 1060. The van der Waals surface area contributed by atoms with Gasteiger partial charge in [-0.3, -0.25) is 14.5 Å². The second-order valence-corrected chi connectivity index (χ2v) is 8.67. The van der Waals surface area contributed by atoms with E-state index in [-0.39, 0.29) is 17.9 Å². The Morgan fingerprint density at radius 3 is 2.45 bits per heavy atom. The standard InChI is InChI=1S/C24H26N4O2S/c1-16(28-12-2-3-13-28)23(29)26-19-9-6-17(7-10-19)24(30)27-21-15-18(8-11-20(21)25)22-5-4-14-31-22/h4-11,14-16H,2-3,12-13,25H2,1H3,(H,26,29)(H,27,30). The van der Waals surface area contributed by atoms with Crippen molar-refractivity contribution in [3.8, 4) is 10.4 Å². The molecule has 3 aromatic rings. The smallest absolute Gasteiger partial charge is 0.255 e. The molecule has 4 N–H and O–H groups in total. The summed E-state index contributed by atoms with van der Waals surface area (Å²) in [6, 6.07) is 16.4.